The first-order chi connectivity index (χ1) is 13.1. The number of carbonyl (C=O) groups excluding carboxylic acids is 1. The lowest BCUT2D eigenvalue weighted by Crippen LogP contribution is -2.34. The van der Waals surface area contributed by atoms with Crippen LogP contribution in [0, 0.1) is 10.1 Å². The standard InChI is InChI=1S/C21H22N2O4/c1-2-13-27-20-9-7-16(14-19(20)23(25)26)8-10-21(24)22-12-11-17-5-3-4-6-18(17)15-22/h3-10,14H,2,11-13,15H2,1H3/b10-8+. The fourth-order valence-electron chi connectivity index (χ4n) is 3.07. The molecule has 0 bridgehead atoms. The van der Waals surface area contributed by atoms with Gasteiger partial charge in [-0.2, -0.15) is 0 Å². The second kappa shape index (κ2) is 8.49. The zero-order valence-corrected chi connectivity index (χ0v) is 15.3. The van der Waals surface area contributed by atoms with Crippen LogP contribution in [0.3, 0.4) is 0 Å². The molecule has 0 unspecified atom stereocenters. The monoisotopic (exact) mass is 366 g/mol. The van der Waals surface area contributed by atoms with Gasteiger partial charge in [-0.05, 0) is 41.7 Å². The number of fused-ring (bicyclic) bond motifs is 1. The molecule has 6 heteroatoms. The Kier molecular flexibility index (Phi) is 5.86. The Balaban J connectivity index is 1.71. The maximum Gasteiger partial charge on any atom is 0.311 e. The summed E-state index contributed by atoms with van der Waals surface area (Å²) in [6.45, 7) is 3.62. The van der Waals surface area contributed by atoms with Crippen LogP contribution >= 0.6 is 0 Å². The van der Waals surface area contributed by atoms with Gasteiger partial charge in [-0.1, -0.05) is 37.3 Å². The van der Waals surface area contributed by atoms with Crippen LogP contribution in [0.4, 0.5) is 5.69 Å². The van der Waals surface area contributed by atoms with Crippen molar-refractivity contribution >= 4 is 17.7 Å². The van der Waals surface area contributed by atoms with Crippen molar-refractivity contribution in [3.05, 3.63) is 75.3 Å². The highest BCUT2D eigenvalue weighted by Gasteiger charge is 2.19. The molecule has 1 heterocycles. The molecule has 27 heavy (non-hydrogen) atoms. The van der Waals surface area contributed by atoms with E-state index < -0.39 is 4.92 Å². The molecule has 1 amide bonds. The third-order valence-electron chi connectivity index (χ3n) is 4.50. The van der Waals surface area contributed by atoms with Crippen LogP contribution in [0.15, 0.2) is 48.5 Å². The predicted octanol–water partition coefficient (Wildman–Crippen LogP) is 3.98. The van der Waals surface area contributed by atoms with Crippen LogP contribution in [-0.2, 0) is 17.8 Å². The molecule has 0 aliphatic carbocycles. The van der Waals surface area contributed by atoms with Crippen molar-refractivity contribution in [2.24, 2.45) is 0 Å². The maximum absolute atomic E-state index is 12.5. The SMILES string of the molecule is CCCOc1ccc(/C=C/C(=O)N2CCc3ccccc3C2)cc1[N+](=O)[O-]. The second-order valence-electron chi connectivity index (χ2n) is 6.44. The van der Waals surface area contributed by atoms with Gasteiger partial charge in [0.05, 0.1) is 11.5 Å². The molecule has 1 aliphatic rings. The van der Waals surface area contributed by atoms with Crippen molar-refractivity contribution in [3.8, 4) is 5.75 Å². The zero-order valence-electron chi connectivity index (χ0n) is 15.3. The van der Waals surface area contributed by atoms with Gasteiger partial charge in [-0.15, -0.1) is 0 Å². The third-order valence-corrected chi connectivity index (χ3v) is 4.50. The van der Waals surface area contributed by atoms with E-state index in [0.717, 1.165) is 12.8 Å². The summed E-state index contributed by atoms with van der Waals surface area (Å²) < 4.78 is 5.42. The molecule has 140 valence electrons. The largest absolute Gasteiger partial charge is 0.487 e. The summed E-state index contributed by atoms with van der Waals surface area (Å²) in [4.78, 5) is 25.1. The number of benzene rings is 2. The topological polar surface area (TPSA) is 72.7 Å². The normalized spacial score (nSPS) is 13.4. The van der Waals surface area contributed by atoms with Crippen LogP contribution < -0.4 is 4.74 Å². The van der Waals surface area contributed by atoms with Gasteiger partial charge in [0, 0.05) is 25.2 Å². The lowest BCUT2D eigenvalue weighted by Gasteiger charge is -2.27. The van der Waals surface area contributed by atoms with E-state index >= 15 is 0 Å². The van der Waals surface area contributed by atoms with E-state index in [-0.39, 0.29) is 17.3 Å². The van der Waals surface area contributed by atoms with Crippen LogP contribution in [0.2, 0.25) is 0 Å². The van der Waals surface area contributed by atoms with Gasteiger partial charge in [-0.25, -0.2) is 0 Å². The van der Waals surface area contributed by atoms with Crippen LogP contribution in [-0.4, -0.2) is 28.9 Å². The van der Waals surface area contributed by atoms with Crippen molar-refractivity contribution in [1.82, 2.24) is 4.90 Å². The van der Waals surface area contributed by atoms with Crippen molar-refractivity contribution in [2.75, 3.05) is 13.2 Å². The Morgan fingerprint density at radius 2 is 2.04 bits per heavy atom. The summed E-state index contributed by atoms with van der Waals surface area (Å²) in [7, 11) is 0. The number of carbonyl (C=O) groups is 1. The minimum atomic E-state index is -0.467. The summed E-state index contributed by atoms with van der Waals surface area (Å²) >= 11 is 0. The summed E-state index contributed by atoms with van der Waals surface area (Å²) in [5.41, 5.74) is 2.95. The average Bonchev–Trinajstić information content (AvgIpc) is 2.70. The van der Waals surface area contributed by atoms with E-state index in [1.807, 2.05) is 25.1 Å². The fraction of sp³-hybridized carbons (Fsp3) is 0.286. The average molecular weight is 366 g/mol. The Morgan fingerprint density at radius 1 is 1.26 bits per heavy atom. The van der Waals surface area contributed by atoms with Gasteiger partial charge >= 0.3 is 5.69 Å². The molecule has 0 saturated carbocycles. The summed E-state index contributed by atoms with van der Waals surface area (Å²) in [6.07, 6.45) is 4.69. The van der Waals surface area contributed by atoms with Gasteiger partial charge in [0.2, 0.25) is 5.91 Å². The molecule has 0 saturated heterocycles. The Morgan fingerprint density at radius 3 is 2.78 bits per heavy atom. The smallest absolute Gasteiger partial charge is 0.311 e. The minimum absolute atomic E-state index is 0.0926. The van der Waals surface area contributed by atoms with E-state index in [2.05, 4.69) is 6.07 Å². The minimum Gasteiger partial charge on any atom is -0.487 e. The van der Waals surface area contributed by atoms with Crippen LogP contribution in [0.25, 0.3) is 6.08 Å². The Bertz CT molecular complexity index is 876. The molecule has 0 N–H and O–H groups in total. The third kappa shape index (κ3) is 4.53. The van der Waals surface area contributed by atoms with Crippen molar-refractivity contribution in [1.29, 1.82) is 0 Å². The van der Waals surface area contributed by atoms with Crippen molar-refractivity contribution in [2.45, 2.75) is 26.3 Å². The number of nitro groups is 1. The van der Waals surface area contributed by atoms with Gasteiger partial charge in [-0.3, -0.25) is 14.9 Å². The first-order valence-electron chi connectivity index (χ1n) is 9.03. The zero-order chi connectivity index (χ0) is 19.2. The van der Waals surface area contributed by atoms with Gasteiger partial charge < -0.3 is 9.64 Å². The molecular formula is C21H22N2O4. The fourth-order valence-corrected chi connectivity index (χ4v) is 3.07. The Labute approximate surface area is 158 Å². The van der Waals surface area contributed by atoms with E-state index in [0.29, 0.717) is 25.3 Å². The predicted molar refractivity (Wildman–Crippen MR) is 103 cm³/mol. The highest BCUT2D eigenvalue weighted by atomic mass is 16.6. The molecule has 0 spiro atoms. The highest BCUT2D eigenvalue weighted by molar-refractivity contribution is 5.92. The van der Waals surface area contributed by atoms with Gasteiger partial charge in [0.15, 0.2) is 5.75 Å². The quantitative estimate of drug-likeness (QED) is 0.440. The molecular weight excluding hydrogens is 344 g/mol. The first kappa shape index (κ1) is 18.6. The molecule has 3 rings (SSSR count). The number of rotatable bonds is 6. The molecule has 0 fully saturated rings. The van der Waals surface area contributed by atoms with E-state index in [1.165, 1.54) is 23.3 Å². The lowest BCUT2D eigenvalue weighted by molar-refractivity contribution is -0.385. The van der Waals surface area contributed by atoms with E-state index in [1.54, 1.807) is 23.1 Å². The Hall–Kier alpha value is -3.15. The molecule has 2 aromatic rings. The molecule has 0 atom stereocenters. The summed E-state index contributed by atoms with van der Waals surface area (Å²) in [5.74, 6) is 0.149. The number of hydrogen-bond donors (Lipinski definition) is 0. The van der Waals surface area contributed by atoms with Crippen molar-refractivity contribution < 1.29 is 14.5 Å². The van der Waals surface area contributed by atoms with E-state index in [9.17, 15) is 14.9 Å². The van der Waals surface area contributed by atoms with Crippen LogP contribution in [0.5, 0.6) is 5.75 Å². The highest BCUT2D eigenvalue weighted by Crippen LogP contribution is 2.28. The second-order valence-corrected chi connectivity index (χ2v) is 6.44. The number of hydrogen-bond acceptors (Lipinski definition) is 4. The maximum atomic E-state index is 12.5. The number of amides is 1. The summed E-state index contributed by atoms with van der Waals surface area (Å²) in [5, 5.41) is 11.3. The molecule has 1 aliphatic heterocycles. The molecule has 2 aromatic carbocycles. The molecule has 0 aromatic heterocycles. The molecule has 0 radical (unpaired) electrons. The number of nitro benzene ring substituents is 1. The van der Waals surface area contributed by atoms with Gasteiger partial charge in [0.25, 0.3) is 0 Å². The van der Waals surface area contributed by atoms with Gasteiger partial charge in [0.1, 0.15) is 0 Å². The number of nitrogens with zero attached hydrogens (tertiary/aromatic N) is 2. The van der Waals surface area contributed by atoms with Crippen molar-refractivity contribution in [3.63, 3.8) is 0 Å². The molecule has 6 nitrogen and oxygen atoms in total. The number of ether oxygens (including phenoxy) is 1. The van der Waals surface area contributed by atoms with E-state index in [4.69, 9.17) is 4.74 Å². The summed E-state index contributed by atoms with van der Waals surface area (Å²) in [6, 6.07) is 12.8. The lowest BCUT2D eigenvalue weighted by atomic mass is 10.00. The van der Waals surface area contributed by atoms with Crippen LogP contribution in [0.1, 0.15) is 30.0 Å². The first-order valence-corrected chi connectivity index (χ1v) is 9.03.